The number of amides is 2. The van der Waals surface area contributed by atoms with Crippen molar-refractivity contribution in [2.45, 2.75) is 38.1 Å². The van der Waals surface area contributed by atoms with E-state index in [0.717, 1.165) is 12.8 Å². The normalized spacial score (nSPS) is 14.4. The molecule has 5 nitrogen and oxygen atoms in total. The first-order valence-corrected chi connectivity index (χ1v) is 9.57. The fourth-order valence-corrected chi connectivity index (χ4v) is 3.32. The molecule has 0 unspecified atom stereocenters. The number of nitrogens with one attached hydrogen (secondary N) is 2. The molecule has 0 bridgehead atoms. The van der Waals surface area contributed by atoms with Crippen molar-refractivity contribution in [2.75, 3.05) is 11.9 Å². The Hall–Kier alpha value is -2.53. The molecule has 1 fully saturated rings. The Bertz CT molecular complexity index is 786. The molecule has 0 atom stereocenters. The van der Waals surface area contributed by atoms with Crippen LogP contribution in [0.5, 0.6) is 5.75 Å². The zero-order valence-electron chi connectivity index (χ0n) is 15.0. The highest BCUT2D eigenvalue weighted by Crippen LogP contribution is 2.19. The van der Waals surface area contributed by atoms with Crippen LogP contribution in [0.1, 0.15) is 42.5 Å². The summed E-state index contributed by atoms with van der Waals surface area (Å²) in [5.41, 5.74) is 1.21. The van der Waals surface area contributed by atoms with Crippen molar-refractivity contribution in [3.05, 3.63) is 59.1 Å². The van der Waals surface area contributed by atoms with Crippen LogP contribution in [-0.4, -0.2) is 24.5 Å². The summed E-state index contributed by atoms with van der Waals surface area (Å²) in [5.74, 6) is 0.189. The molecule has 2 N–H and O–H groups in total. The fraction of sp³-hybridized carbons (Fsp3) is 0.333. The molecule has 2 aromatic carbocycles. The zero-order chi connectivity index (χ0) is 19.1. The predicted octanol–water partition coefficient (Wildman–Crippen LogP) is 4.42. The maximum atomic E-state index is 12.3. The van der Waals surface area contributed by atoms with E-state index in [1.54, 1.807) is 48.5 Å². The maximum absolute atomic E-state index is 12.3. The molecule has 0 aliphatic heterocycles. The Morgan fingerprint density at radius 3 is 2.48 bits per heavy atom. The number of anilines is 1. The number of hydrogen-bond acceptors (Lipinski definition) is 3. The van der Waals surface area contributed by atoms with Gasteiger partial charge in [-0.25, -0.2) is 0 Å². The Kier molecular flexibility index (Phi) is 6.71. The topological polar surface area (TPSA) is 67.4 Å². The van der Waals surface area contributed by atoms with Gasteiger partial charge in [0.05, 0.1) is 0 Å². The fourth-order valence-electron chi connectivity index (χ4n) is 3.13. The number of ether oxygens (including phenoxy) is 1. The standard InChI is InChI=1S/C21H23ClN2O3/c22-16-5-4-8-18(13-16)23-20(25)14-27-19-11-9-15(10-12-19)21(26)24-17-6-2-1-3-7-17/h4-5,8-13,17H,1-3,6-7,14H2,(H,23,25)(H,24,26). The highest BCUT2D eigenvalue weighted by molar-refractivity contribution is 6.30. The first-order valence-electron chi connectivity index (χ1n) is 9.19. The zero-order valence-corrected chi connectivity index (χ0v) is 15.8. The molecule has 27 heavy (non-hydrogen) atoms. The molecule has 3 rings (SSSR count). The van der Waals surface area contributed by atoms with Crippen LogP contribution in [0, 0.1) is 0 Å². The number of halogens is 1. The van der Waals surface area contributed by atoms with E-state index >= 15 is 0 Å². The van der Waals surface area contributed by atoms with Crippen molar-refractivity contribution in [3.8, 4) is 5.75 Å². The molecule has 1 aliphatic rings. The predicted molar refractivity (Wildman–Crippen MR) is 106 cm³/mol. The van der Waals surface area contributed by atoms with E-state index < -0.39 is 0 Å². The Balaban J connectivity index is 1.47. The minimum absolute atomic E-state index is 0.0628. The number of benzene rings is 2. The number of hydrogen-bond donors (Lipinski definition) is 2. The third-order valence-electron chi connectivity index (χ3n) is 4.54. The van der Waals surface area contributed by atoms with Crippen molar-refractivity contribution >= 4 is 29.1 Å². The third kappa shape index (κ3) is 6.00. The van der Waals surface area contributed by atoms with Crippen LogP contribution >= 0.6 is 11.6 Å². The first-order chi connectivity index (χ1) is 13.1. The number of rotatable bonds is 6. The average Bonchev–Trinajstić information content (AvgIpc) is 2.67. The molecule has 1 aliphatic carbocycles. The van der Waals surface area contributed by atoms with Gasteiger partial charge in [0.1, 0.15) is 5.75 Å². The van der Waals surface area contributed by atoms with Gasteiger partial charge in [-0.3, -0.25) is 9.59 Å². The molecule has 6 heteroatoms. The quantitative estimate of drug-likeness (QED) is 0.772. The minimum Gasteiger partial charge on any atom is -0.484 e. The van der Waals surface area contributed by atoms with Crippen LogP contribution in [0.2, 0.25) is 5.02 Å². The van der Waals surface area contributed by atoms with Crippen LogP contribution in [-0.2, 0) is 4.79 Å². The molecule has 0 radical (unpaired) electrons. The van der Waals surface area contributed by atoms with Gasteiger partial charge in [0.25, 0.3) is 11.8 Å². The lowest BCUT2D eigenvalue weighted by Crippen LogP contribution is -2.36. The molecule has 2 aromatic rings. The highest BCUT2D eigenvalue weighted by atomic mass is 35.5. The van der Waals surface area contributed by atoms with Gasteiger partial charge in [0.2, 0.25) is 0 Å². The summed E-state index contributed by atoms with van der Waals surface area (Å²) in [4.78, 5) is 24.2. The van der Waals surface area contributed by atoms with Crippen LogP contribution in [0.15, 0.2) is 48.5 Å². The van der Waals surface area contributed by atoms with E-state index in [4.69, 9.17) is 16.3 Å². The third-order valence-corrected chi connectivity index (χ3v) is 4.77. The summed E-state index contributed by atoms with van der Waals surface area (Å²) in [6.07, 6.45) is 5.70. The van der Waals surface area contributed by atoms with Crippen LogP contribution in [0.25, 0.3) is 0 Å². The molecule has 0 heterocycles. The molecule has 142 valence electrons. The second-order valence-corrected chi connectivity index (χ2v) is 7.12. The molecule has 0 spiro atoms. The molecule has 2 amide bonds. The molecule has 0 saturated heterocycles. The van der Waals surface area contributed by atoms with Crippen molar-refractivity contribution in [1.82, 2.24) is 5.32 Å². The van der Waals surface area contributed by atoms with E-state index in [0.29, 0.717) is 22.0 Å². The van der Waals surface area contributed by atoms with E-state index in [9.17, 15) is 9.59 Å². The summed E-state index contributed by atoms with van der Waals surface area (Å²) >= 11 is 5.89. The summed E-state index contributed by atoms with van der Waals surface area (Å²) in [7, 11) is 0. The van der Waals surface area contributed by atoms with Crippen molar-refractivity contribution in [1.29, 1.82) is 0 Å². The van der Waals surface area contributed by atoms with Crippen molar-refractivity contribution < 1.29 is 14.3 Å². The van der Waals surface area contributed by atoms with Gasteiger partial charge in [-0.15, -0.1) is 0 Å². The lowest BCUT2D eigenvalue weighted by atomic mass is 9.95. The number of carbonyl (C=O) groups is 2. The number of carbonyl (C=O) groups excluding carboxylic acids is 2. The van der Waals surface area contributed by atoms with Gasteiger partial charge in [-0.05, 0) is 55.3 Å². The molecule has 0 aromatic heterocycles. The second-order valence-electron chi connectivity index (χ2n) is 6.68. The minimum atomic E-state index is -0.281. The van der Waals surface area contributed by atoms with E-state index in [1.165, 1.54) is 19.3 Å². The Morgan fingerprint density at radius 2 is 1.78 bits per heavy atom. The monoisotopic (exact) mass is 386 g/mol. The lowest BCUT2D eigenvalue weighted by molar-refractivity contribution is -0.118. The van der Waals surface area contributed by atoms with Gasteiger partial charge in [0, 0.05) is 22.3 Å². The summed E-state index contributed by atoms with van der Waals surface area (Å²) < 4.78 is 5.48. The van der Waals surface area contributed by atoms with E-state index in [-0.39, 0.29) is 24.5 Å². The van der Waals surface area contributed by atoms with E-state index in [1.807, 2.05) is 0 Å². The van der Waals surface area contributed by atoms with Crippen LogP contribution in [0.3, 0.4) is 0 Å². The van der Waals surface area contributed by atoms with E-state index in [2.05, 4.69) is 10.6 Å². The van der Waals surface area contributed by atoms with Crippen LogP contribution in [0.4, 0.5) is 5.69 Å². The van der Waals surface area contributed by atoms with Gasteiger partial charge in [-0.1, -0.05) is 36.9 Å². The second kappa shape index (κ2) is 9.42. The highest BCUT2D eigenvalue weighted by Gasteiger charge is 2.16. The van der Waals surface area contributed by atoms with Gasteiger partial charge < -0.3 is 15.4 Å². The molecule has 1 saturated carbocycles. The van der Waals surface area contributed by atoms with Gasteiger partial charge in [-0.2, -0.15) is 0 Å². The Labute approximate surface area is 164 Å². The maximum Gasteiger partial charge on any atom is 0.262 e. The van der Waals surface area contributed by atoms with Crippen molar-refractivity contribution in [3.63, 3.8) is 0 Å². The summed E-state index contributed by atoms with van der Waals surface area (Å²) in [6.45, 7) is -0.125. The molecular weight excluding hydrogens is 364 g/mol. The SMILES string of the molecule is O=C(COc1ccc(C(=O)NC2CCCCC2)cc1)Nc1cccc(Cl)c1. The molecular formula is C21H23ClN2O3. The summed E-state index contributed by atoms with van der Waals surface area (Å²) in [5, 5.41) is 6.35. The Morgan fingerprint density at radius 1 is 1.04 bits per heavy atom. The smallest absolute Gasteiger partial charge is 0.262 e. The first kappa shape index (κ1) is 19.2. The largest absolute Gasteiger partial charge is 0.484 e. The summed E-state index contributed by atoms with van der Waals surface area (Å²) in [6, 6.07) is 14.0. The lowest BCUT2D eigenvalue weighted by Gasteiger charge is -2.22. The van der Waals surface area contributed by atoms with Gasteiger partial charge >= 0.3 is 0 Å². The van der Waals surface area contributed by atoms with Crippen molar-refractivity contribution in [2.24, 2.45) is 0 Å². The average molecular weight is 387 g/mol. The van der Waals surface area contributed by atoms with Gasteiger partial charge in [0.15, 0.2) is 6.61 Å². The van der Waals surface area contributed by atoms with Crippen LogP contribution < -0.4 is 15.4 Å².